The van der Waals surface area contributed by atoms with E-state index in [0.717, 1.165) is 19.4 Å². The van der Waals surface area contributed by atoms with E-state index in [0.29, 0.717) is 19.7 Å². The van der Waals surface area contributed by atoms with Crippen LogP contribution in [0.5, 0.6) is 5.75 Å². The van der Waals surface area contributed by atoms with Crippen LogP contribution in [0.25, 0.3) is 0 Å². The first-order valence-electron chi connectivity index (χ1n) is 7.04. The van der Waals surface area contributed by atoms with E-state index >= 15 is 0 Å². The molecule has 1 aromatic carbocycles. The summed E-state index contributed by atoms with van der Waals surface area (Å²) in [6.45, 7) is 2.62. The second kappa shape index (κ2) is 7.20. The van der Waals surface area contributed by atoms with Gasteiger partial charge >= 0.3 is 0 Å². The van der Waals surface area contributed by atoms with Gasteiger partial charge in [0.2, 0.25) is 10.0 Å². The summed E-state index contributed by atoms with van der Waals surface area (Å²) < 4.78 is 41.1. The minimum Gasteiger partial charge on any atom is -0.489 e. The number of primary sulfonamides is 1. The van der Waals surface area contributed by atoms with Gasteiger partial charge in [-0.2, -0.15) is 0 Å². The smallest absolute Gasteiger partial charge is 0.209 e. The van der Waals surface area contributed by atoms with Crippen molar-refractivity contribution < 1.29 is 17.5 Å². The summed E-state index contributed by atoms with van der Waals surface area (Å²) in [5, 5.41) is 5.09. The third kappa shape index (κ3) is 5.61. The van der Waals surface area contributed by atoms with Gasteiger partial charge in [0.1, 0.15) is 6.61 Å². The number of hydrogen-bond donors (Lipinski definition) is 1. The highest BCUT2D eigenvalue weighted by Crippen LogP contribution is 2.18. The van der Waals surface area contributed by atoms with Crippen molar-refractivity contribution in [3.63, 3.8) is 0 Å². The van der Waals surface area contributed by atoms with Gasteiger partial charge < -0.3 is 4.74 Å². The first kappa shape index (κ1) is 16.2. The van der Waals surface area contributed by atoms with Crippen LogP contribution in [0.2, 0.25) is 0 Å². The molecule has 7 heteroatoms. The lowest BCUT2D eigenvalue weighted by molar-refractivity contribution is 0.152. The van der Waals surface area contributed by atoms with Crippen molar-refractivity contribution in [2.45, 2.75) is 12.8 Å². The molecule has 2 rings (SSSR count). The molecule has 1 heterocycles. The predicted molar refractivity (Wildman–Crippen MR) is 79.0 cm³/mol. The Kier molecular flexibility index (Phi) is 5.55. The molecule has 1 fully saturated rings. The molecule has 0 amide bonds. The van der Waals surface area contributed by atoms with Crippen molar-refractivity contribution >= 4 is 10.0 Å². The molecule has 5 nitrogen and oxygen atoms in total. The Balaban J connectivity index is 1.77. The van der Waals surface area contributed by atoms with Crippen molar-refractivity contribution in [2.75, 3.05) is 32.0 Å². The molecule has 0 aliphatic carbocycles. The fourth-order valence-corrected chi connectivity index (χ4v) is 3.59. The highest BCUT2D eigenvalue weighted by atomic mass is 32.2. The van der Waals surface area contributed by atoms with Gasteiger partial charge in [-0.15, -0.1) is 0 Å². The standard InChI is InChI=1S/C14H21FN2O3S/c15-13-5-1-2-6-14(13)20-9-8-17-7-3-4-12(10-17)11-21(16,18)19/h1-2,5-6,12H,3-4,7-11H2,(H2,16,18,19)/t12-/m1/s1. The minimum atomic E-state index is -3.42. The summed E-state index contributed by atoms with van der Waals surface area (Å²) in [6, 6.07) is 6.29. The molecule has 0 saturated carbocycles. The zero-order valence-electron chi connectivity index (χ0n) is 11.9. The van der Waals surface area contributed by atoms with Crippen LogP contribution in [0.1, 0.15) is 12.8 Å². The van der Waals surface area contributed by atoms with Gasteiger partial charge in [-0.1, -0.05) is 12.1 Å². The molecule has 0 spiro atoms. The van der Waals surface area contributed by atoms with Crippen LogP contribution in [0, 0.1) is 11.7 Å². The topological polar surface area (TPSA) is 72.6 Å². The first-order valence-corrected chi connectivity index (χ1v) is 8.76. The molecule has 1 aliphatic heterocycles. The average molecular weight is 316 g/mol. The molecule has 1 saturated heterocycles. The number of nitrogens with zero attached hydrogens (tertiary/aromatic N) is 1. The van der Waals surface area contributed by atoms with E-state index in [2.05, 4.69) is 4.90 Å². The Morgan fingerprint density at radius 1 is 1.38 bits per heavy atom. The Morgan fingerprint density at radius 2 is 2.14 bits per heavy atom. The molecule has 0 bridgehead atoms. The highest BCUT2D eigenvalue weighted by Gasteiger charge is 2.23. The van der Waals surface area contributed by atoms with Crippen LogP contribution in [-0.4, -0.2) is 45.3 Å². The van der Waals surface area contributed by atoms with Crippen molar-refractivity contribution in [1.82, 2.24) is 4.90 Å². The Hall–Kier alpha value is -1.18. The number of halogens is 1. The van der Waals surface area contributed by atoms with Gasteiger partial charge in [0.15, 0.2) is 11.6 Å². The van der Waals surface area contributed by atoms with Gasteiger partial charge in [0.05, 0.1) is 5.75 Å². The summed E-state index contributed by atoms with van der Waals surface area (Å²) >= 11 is 0. The molecule has 21 heavy (non-hydrogen) atoms. The van der Waals surface area contributed by atoms with Crippen molar-refractivity contribution in [3.05, 3.63) is 30.1 Å². The van der Waals surface area contributed by atoms with E-state index < -0.39 is 10.0 Å². The van der Waals surface area contributed by atoms with E-state index in [1.807, 2.05) is 0 Å². The van der Waals surface area contributed by atoms with Crippen LogP contribution in [0.4, 0.5) is 4.39 Å². The molecule has 0 aromatic heterocycles. The SMILES string of the molecule is NS(=O)(=O)C[C@@H]1CCCN(CCOc2ccccc2F)C1. The van der Waals surface area contributed by atoms with E-state index in [-0.39, 0.29) is 23.2 Å². The van der Waals surface area contributed by atoms with Gasteiger partial charge in [0, 0.05) is 13.1 Å². The van der Waals surface area contributed by atoms with Crippen LogP contribution >= 0.6 is 0 Å². The summed E-state index contributed by atoms with van der Waals surface area (Å²) in [5.41, 5.74) is 0. The number of likely N-dealkylation sites (tertiary alicyclic amines) is 1. The summed E-state index contributed by atoms with van der Waals surface area (Å²) in [6.07, 6.45) is 1.82. The van der Waals surface area contributed by atoms with Crippen LogP contribution in [-0.2, 0) is 10.0 Å². The molecular weight excluding hydrogens is 295 g/mol. The van der Waals surface area contributed by atoms with Crippen molar-refractivity contribution in [3.8, 4) is 5.75 Å². The molecular formula is C14H21FN2O3S. The number of ether oxygens (including phenoxy) is 1. The molecule has 118 valence electrons. The molecule has 0 radical (unpaired) electrons. The second-order valence-corrected chi connectivity index (χ2v) is 7.08. The predicted octanol–water partition coefficient (Wildman–Crippen LogP) is 1.20. The van der Waals surface area contributed by atoms with E-state index in [1.54, 1.807) is 18.2 Å². The number of rotatable bonds is 6. The fraction of sp³-hybridized carbons (Fsp3) is 0.571. The number of para-hydroxylation sites is 1. The van der Waals surface area contributed by atoms with Crippen LogP contribution in [0.15, 0.2) is 24.3 Å². The van der Waals surface area contributed by atoms with Crippen molar-refractivity contribution in [1.29, 1.82) is 0 Å². The summed E-state index contributed by atoms with van der Waals surface area (Å²) in [4.78, 5) is 2.14. The lowest BCUT2D eigenvalue weighted by Crippen LogP contribution is -2.41. The maximum atomic E-state index is 13.4. The second-order valence-electron chi connectivity index (χ2n) is 5.42. The Labute approximate surface area is 124 Å². The van der Waals surface area contributed by atoms with Gasteiger partial charge in [-0.25, -0.2) is 17.9 Å². The largest absolute Gasteiger partial charge is 0.489 e. The lowest BCUT2D eigenvalue weighted by atomic mass is 10.0. The van der Waals surface area contributed by atoms with E-state index in [9.17, 15) is 12.8 Å². The van der Waals surface area contributed by atoms with E-state index in [1.165, 1.54) is 6.07 Å². The number of piperidine rings is 1. The third-order valence-electron chi connectivity index (χ3n) is 3.57. The molecule has 0 unspecified atom stereocenters. The minimum absolute atomic E-state index is 0.0255. The van der Waals surface area contributed by atoms with Gasteiger partial charge in [-0.05, 0) is 37.4 Å². The monoisotopic (exact) mass is 316 g/mol. The summed E-state index contributed by atoms with van der Waals surface area (Å²) in [7, 11) is -3.42. The van der Waals surface area contributed by atoms with Crippen LogP contribution < -0.4 is 9.88 Å². The van der Waals surface area contributed by atoms with Crippen molar-refractivity contribution in [2.24, 2.45) is 11.1 Å². The number of sulfonamides is 1. The first-order chi connectivity index (χ1) is 9.94. The van der Waals surface area contributed by atoms with E-state index in [4.69, 9.17) is 9.88 Å². The summed E-state index contributed by atoms with van der Waals surface area (Å²) in [5.74, 6) is -0.0291. The van der Waals surface area contributed by atoms with Gasteiger partial charge in [-0.3, -0.25) is 4.90 Å². The molecule has 1 aromatic rings. The Bertz CT molecular complexity index is 565. The zero-order valence-corrected chi connectivity index (χ0v) is 12.7. The number of hydrogen-bond acceptors (Lipinski definition) is 4. The fourth-order valence-electron chi connectivity index (χ4n) is 2.67. The molecule has 1 atom stereocenters. The maximum absolute atomic E-state index is 13.4. The lowest BCUT2D eigenvalue weighted by Gasteiger charge is -2.32. The average Bonchev–Trinajstić information content (AvgIpc) is 2.39. The quantitative estimate of drug-likeness (QED) is 0.856. The number of nitrogens with two attached hydrogens (primary N) is 1. The molecule has 1 aliphatic rings. The van der Waals surface area contributed by atoms with Crippen LogP contribution in [0.3, 0.4) is 0 Å². The Morgan fingerprint density at radius 3 is 2.86 bits per heavy atom. The van der Waals surface area contributed by atoms with Gasteiger partial charge in [0.25, 0.3) is 0 Å². The number of benzene rings is 1. The zero-order chi connectivity index (χ0) is 15.3. The highest BCUT2D eigenvalue weighted by molar-refractivity contribution is 7.89. The normalized spacial score (nSPS) is 20.4. The molecule has 2 N–H and O–H groups in total. The third-order valence-corrected chi connectivity index (χ3v) is 4.51. The maximum Gasteiger partial charge on any atom is 0.209 e.